The van der Waals surface area contributed by atoms with E-state index in [1.165, 1.54) is 0 Å². The molecule has 3 aromatic carbocycles. The number of carbonyl (C=O) groups excluding carboxylic acids is 1. The van der Waals surface area contributed by atoms with Crippen LogP contribution >= 0.6 is 0 Å². The van der Waals surface area contributed by atoms with Crippen molar-refractivity contribution >= 4 is 5.97 Å². The van der Waals surface area contributed by atoms with E-state index in [0.717, 1.165) is 12.0 Å². The van der Waals surface area contributed by atoms with Crippen LogP contribution in [0.5, 0.6) is 28.7 Å². The number of nitrogens with zero attached hydrogens (tertiary/aromatic N) is 1. The van der Waals surface area contributed by atoms with Crippen LogP contribution in [0, 0.1) is 17.2 Å². The molecule has 1 heterocycles. The minimum absolute atomic E-state index is 0.0140. The van der Waals surface area contributed by atoms with Gasteiger partial charge in [-0.1, -0.05) is 26.0 Å². The van der Waals surface area contributed by atoms with Gasteiger partial charge in [-0.2, -0.15) is 5.26 Å². The number of allylic oxidation sites excluding steroid dienone is 1. The van der Waals surface area contributed by atoms with Crippen LogP contribution in [0.25, 0.3) is 0 Å². The Bertz CT molecular complexity index is 1390. The molecule has 1 atom stereocenters. The Morgan fingerprint density at radius 3 is 2.39 bits per heavy atom. The monoisotopic (exact) mass is 514 g/mol. The lowest BCUT2D eigenvalue weighted by molar-refractivity contribution is 0.0734. The van der Waals surface area contributed by atoms with Gasteiger partial charge >= 0.3 is 5.97 Å². The predicted octanol–water partition coefficient (Wildman–Crippen LogP) is 5.57. The maximum Gasteiger partial charge on any atom is 0.343 e. The van der Waals surface area contributed by atoms with E-state index >= 15 is 0 Å². The molecule has 0 radical (unpaired) electrons. The molecule has 1 aliphatic heterocycles. The highest BCUT2D eigenvalue weighted by Crippen LogP contribution is 2.45. The number of fused-ring (bicyclic) bond motifs is 1. The number of hydrogen-bond donors (Lipinski definition) is 1. The topological polar surface area (TPSA) is 113 Å². The average molecular weight is 515 g/mol. The van der Waals surface area contributed by atoms with Gasteiger partial charge in [-0.05, 0) is 60.4 Å². The van der Waals surface area contributed by atoms with Gasteiger partial charge in [0, 0.05) is 11.6 Å². The molecule has 38 heavy (non-hydrogen) atoms. The number of benzene rings is 3. The van der Waals surface area contributed by atoms with Gasteiger partial charge in [0.2, 0.25) is 5.88 Å². The lowest BCUT2D eigenvalue weighted by Crippen LogP contribution is -2.21. The highest BCUT2D eigenvalue weighted by atomic mass is 16.5. The Labute approximate surface area is 222 Å². The van der Waals surface area contributed by atoms with Gasteiger partial charge in [0.05, 0.1) is 32.3 Å². The maximum atomic E-state index is 12.6. The van der Waals surface area contributed by atoms with Crippen molar-refractivity contribution in [3.63, 3.8) is 0 Å². The van der Waals surface area contributed by atoms with Crippen molar-refractivity contribution in [2.24, 2.45) is 11.7 Å². The number of hydrogen-bond acceptors (Lipinski definition) is 8. The molecular weight excluding hydrogens is 484 g/mol. The molecule has 0 aromatic heterocycles. The second-order valence-corrected chi connectivity index (χ2v) is 9.18. The minimum Gasteiger partial charge on any atom is -0.497 e. The Morgan fingerprint density at radius 2 is 1.74 bits per heavy atom. The summed E-state index contributed by atoms with van der Waals surface area (Å²) in [4.78, 5) is 12.6. The molecule has 1 unspecified atom stereocenters. The third-order valence-corrected chi connectivity index (χ3v) is 6.20. The van der Waals surface area contributed by atoms with Crippen LogP contribution in [0.1, 0.15) is 47.7 Å². The van der Waals surface area contributed by atoms with Gasteiger partial charge in [-0.25, -0.2) is 4.79 Å². The summed E-state index contributed by atoms with van der Waals surface area (Å²) in [5.41, 5.74) is 8.29. The standard InChI is InChI=1S/C30H30N2O6/c1-18(2)13-14-36-25-12-7-20(15-27(25)35-4)28-23-11-10-22(16-26(23)38-29(32)24(28)17-31)37-30(33)19-5-8-21(34-3)9-6-19/h5-12,15-16,18,28H,13-14,32H2,1-4H3. The van der Waals surface area contributed by atoms with E-state index in [2.05, 4.69) is 19.9 Å². The number of ether oxygens (including phenoxy) is 5. The molecule has 0 spiro atoms. The van der Waals surface area contributed by atoms with Crippen LogP contribution < -0.4 is 29.4 Å². The normalized spacial score (nSPS) is 14.3. The molecule has 196 valence electrons. The summed E-state index contributed by atoms with van der Waals surface area (Å²) in [6.07, 6.45) is 0.918. The highest BCUT2D eigenvalue weighted by Gasteiger charge is 2.32. The highest BCUT2D eigenvalue weighted by molar-refractivity contribution is 5.91. The first kappa shape index (κ1) is 26.4. The molecule has 3 aromatic rings. The largest absolute Gasteiger partial charge is 0.497 e. The molecule has 0 aliphatic carbocycles. The van der Waals surface area contributed by atoms with Gasteiger partial charge in [0.25, 0.3) is 0 Å². The number of nitriles is 1. The summed E-state index contributed by atoms with van der Waals surface area (Å²) in [6.45, 7) is 4.84. The predicted molar refractivity (Wildman–Crippen MR) is 142 cm³/mol. The second-order valence-electron chi connectivity index (χ2n) is 9.18. The third kappa shape index (κ3) is 5.68. The molecule has 0 saturated heterocycles. The Morgan fingerprint density at radius 1 is 1.00 bits per heavy atom. The van der Waals surface area contributed by atoms with Crippen molar-refractivity contribution in [3.8, 4) is 34.8 Å². The molecule has 2 N–H and O–H groups in total. The summed E-state index contributed by atoms with van der Waals surface area (Å²) in [6, 6.07) is 19.4. The molecule has 1 aliphatic rings. The van der Waals surface area contributed by atoms with Crippen LogP contribution in [-0.4, -0.2) is 26.8 Å². The summed E-state index contributed by atoms with van der Waals surface area (Å²) in [5.74, 6) is 1.96. The van der Waals surface area contributed by atoms with E-state index in [4.69, 9.17) is 29.4 Å². The fourth-order valence-corrected chi connectivity index (χ4v) is 4.12. The first-order valence-electron chi connectivity index (χ1n) is 12.2. The van der Waals surface area contributed by atoms with Gasteiger partial charge < -0.3 is 29.4 Å². The van der Waals surface area contributed by atoms with Gasteiger partial charge in [0.15, 0.2) is 11.5 Å². The fourth-order valence-electron chi connectivity index (χ4n) is 4.12. The summed E-state index contributed by atoms with van der Waals surface area (Å²) in [5, 5.41) is 9.90. The number of carbonyl (C=O) groups is 1. The number of esters is 1. The van der Waals surface area contributed by atoms with Gasteiger partial charge in [0.1, 0.15) is 28.9 Å². The molecule has 0 amide bonds. The van der Waals surface area contributed by atoms with E-state index in [1.807, 2.05) is 18.2 Å². The SMILES string of the molecule is COc1ccc(C(=O)Oc2ccc3c(c2)OC(N)=C(C#N)C3c2ccc(OCCC(C)C)c(OC)c2)cc1. The maximum absolute atomic E-state index is 12.6. The first-order chi connectivity index (χ1) is 18.3. The van der Waals surface area contributed by atoms with E-state index in [1.54, 1.807) is 56.7 Å². The van der Waals surface area contributed by atoms with E-state index in [-0.39, 0.29) is 17.2 Å². The number of nitrogens with two attached hydrogens (primary N) is 1. The molecule has 8 heteroatoms. The summed E-state index contributed by atoms with van der Waals surface area (Å²) >= 11 is 0. The van der Waals surface area contributed by atoms with Crippen molar-refractivity contribution in [1.82, 2.24) is 0 Å². The smallest absolute Gasteiger partial charge is 0.343 e. The summed E-state index contributed by atoms with van der Waals surface area (Å²) < 4.78 is 28.0. The molecule has 4 rings (SSSR count). The van der Waals surface area contributed by atoms with E-state index < -0.39 is 11.9 Å². The van der Waals surface area contributed by atoms with Crippen molar-refractivity contribution in [2.45, 2.75) is 26.2 Å². The Hall–Kier alpha value is -4.64. The zero-order valence-electron chi connectivity index (χ0n) is 21.8. The number of rotatable bonds is 9. The Balaban J connectivity index is 1.63. The molecule has 0 bridgehead atoms. The Kier molecular flexibility index (Phi) is 8.07. The van der Waals surface area contributed by atoms with Crippen molar-refractivity contribution in [3.05, 3.63) is 88.8 Å². The molecule has 8 nitrogen and oxygen atoms in total. The van der Waals surface area contributed by atoms with Gasteiger partial charge in [-0.3, -0.25) is 0 Å². The quantitative estimate of drug-likeness (QED) is 0.291. The van der Waals surface area contributed by atoms with Crippen molar-refractivity contribution in [2.75, 3.05) is 20.8 Å². The summed E-state index contributed by atoms with van der Waals surface area (Å²) in [7, 11) is 3.13. The van der Waals surface area contributed by atoms with Crippen molar-refractivity contribution in [1.29, 1.82) is 5.26 Å². The van der Waals surface area contributed by atoms with Crippen LogP contribution in [0.15, 0.2) is 72.1 Å². The average Bonchev–Trinajstić information content (AvgIpc) is 2.92. The fraction of sp³-hybridized carbons (Fsp3) is 0.267. The van der Waals surface area contributed by atoms with E-state index in [9.17, 15) is 10.1 Å². The molecule has 0 fully saturated rings. The second kappa shape index (κ2) is 11.6. The van der Waals surface area contributed by atoms with Crippen LogP contribution in [0.2, 0.25) is 0 Å². The zero-order chi connectivity index (χ0) is 27.2. The minimum atomic E-state index is -0.529. The van der Waals surface area contributed by atoms with Crippen molar-refractivity contribution < 1.29 is 28.5 Å². The zero-order valence-corrected chi connectivity index (χ0v) is 21.8. The van der Waals surface area contributed by atoms with Gasteiger partial charge in [-0.15, -0.1) is 0 Å². The first-order valence-corrected chi connectivity index (χ1v) is 12.2. The van der Waals surface area contributed by atoms with Crippen LogP contribution in [-0.2, 0) is 0 Å². The van der Waals surface area contributed by atoms with E-state index in [0.29, 0.717) is 46.6 Å². The lowest BCUT2D eigenvalue weighted by atomic mass is 9.83. The lowest BCUT2D eigenvalue weighted by Gasteiger charge is -2.27. The molecular formula is C30H30N2O6. The van der Waals surface area contributed by atoms with Crippen LogP contribution in [0.4, 0.5) is 0 Å². The molecule has 0 saturated carbocycles. The number of methoxy groups -OCH3 is 2. The third-order valence-electron chi connectivity index (χ3n) is 6.20. The van der Waals surface area contributed by atoms with Crippen LogP contribution in [0.3, 0.4) is 0 Å².